The Labute approximate surface area is 210 Å². The standard InChI is InChI=1S/C27H29FN2O5S/c1-4-24(20-9-8-18(2)19(3)14-20)29-27(31)17-30(22-7-5-6-21(28)15-22)36(32,33)23-10-11-25-26(16-23)35-13-12-34-25/h5-11,14-16,24H,4,12-13,17H2,1-3H3,(H,29,31). The molecule has 0 aromatic heterocycles. The van der Waals surface area contributed by atoms with E-state index in [2.05, 4.69) is 5.32 Å². The molecule has 36 heavy (non-hydrogen) atoms. The lowest BCUT2D eigenvalue weighted by molar-refractivity contribution is -0.120. The van der Waals surface area contributed by atoms with Gasteiger partial charge in [-0.15, -0.1) is 0 Å². The summed E-state index contributed by atoms with van der Waals surface area (Å²) in [6.45, 7) is 6.09. The van der Waals surface area contributed by atoms with Crippen molar-refractivity contribution in [3.63, 3.8) is 0 Å². The molecule has 0 saturated heterocycles. The molecule has 1 heterocycles. The van der Waals surface area contributed by atoms with Crippen LogP contribution in [0.4, 0.5) is 10.1 Å². The number of ether oxygens (including phenoxy) is 2. The molecule has 0 radical (unpaired) electrons. The number of amides is 1. The molecule has 1 atom stereocenters. The van der Waals surface area contributed by atoms with E-state index >= 15 is 0 Å². The average molecular weight is 513 g/mol. The van der Waals surface area contributed by atoms with Crippen LogP contribution in [0.2, 0.25) is 0 Å². The van der Waals surface area contributed by atoms with Gasteiger partial charge in [0.1, 0.15) is 25.6 Å². The Balaban J connectivity index is 1.64. The van der Waals surface area contributed by atoms with Crippen molar-refractivity contribution in [2.24, 2.45) is 0 Å². The summed E-state index contributed by atoms with van der Waals surface area (Å²) in [5.74, 6) is -0.386. The highest BCUT2D eigenvalue weighted by Crippen LogP contribution is 2.34. The fraction of sp³-hybridized carbons (Fsp3) is 0.296. The number of nitrogens with zero attached hydrogens (tertiary/aromatic N) is 1. The van der Waals surface area contributed by atoms with Gasteiger partial charge in [0.25, 0.3) is 10.0 Å². The van der Waals surface area contributed by atoms with Crippen molar-refractivity contribution in [1.82, 2.24) is 5.32 Å². The van der Waals surface area contributed by atoms with Gasteiger partial charge in [-0.1, -0.05) is 31.2 Å². The molecule has 3 aromatic rings. The van der Waals surface area contributed by atoms with Crippen LogP contribution in [0.5, 0.6) is 11.5 Å². The number of nitrogens with one attached hydrogen (secondary N) is 1. The molecule has 9 heteroatoms. The fourth-order valence-corrected chi connectivity index (χ4v) is 5.46. The van der Waals surface area contributed by atoms with Crippen LogP contribution in [-0.4, -0.2) is 34.1 Å². The number of fused-ring (bicyclic) bond motifs is 1. The van der Waals surface area contributed by atoms with Crippen LogP contribution in [0.15, 0.2) is 65.6 Å². The molecule has 1 N–H and O–H groups in total. The monoisotopic (exact) mass is 512 g/mol. The Morgan fingerprint density at radius 2 is 1.75 bits per heavy atom. The van der Waals surface area contributed by atoms with Gasteiger partial charge in [0.15, 0.2) is 11.5 Å². The van der Waals surface area contributed by atoms with E-state index < -0.39 is 28.3 Å². The first kappa shape index (κ1) is 25.5. The zero-order chi connectivity index (χ0) is 25.9. The normalized spacial score (nSPS) is 13.7. The van der Waals surface area contributed by atoms with Gasteiger partial charge in [0.2, 0.25) is 5.91 Å². The number of halogens is 1. The summed E-state index contributed by atoms with van der Waals surface area (Å²) in [6, 6.07) is 15.1. The lowest BCUT2D eigenvalue weighted by atomic mass is 9.99. The summed E-state index contributed by atoms with van der Waals surface area (Å²) in [6.07, 6.45) is 0.614. The predicted octanol–water partition coefficient (Wildman–Crippen LogP) is 4.68. The third-order valence-electron chi connectivity index (χ3n) is 6.16. The Morgan fingerprint density at radius 1 is 1.00 bits per heavy atom. The molecule has 0 fully saturated rings. The Hall–Kier alpha value is -3.59. The van der Waals surface area contributed by atoms with E-state index in [-0.39, 0.29) is 16.6 Å². The van der Waals surface area contributed by atoms with Gasteiger partial charge in [-0.05, 0) is 67.3 Å². The van der Waals surface area contributed by atoms with E-state index in [0.29, 0.717) is 31.1 Å². The summed E-state index contributed by atoms with van der Waals surface area (Å²) in [5, 5.41) is 2.93. The van der Waals surface area contributed by atoms with Crippen molar-refractivity contribution < 1.29 is 27.1 Å². The summed E-state index contributed by atoms with van der Waals surface area (Å²) in [5.41, 5.74) is 3.21. The second-order valence-electron chi connectivity index (χ2n) is 8.67. The number of carbonyl (C=O) groups excluding carboxylic acids is 1. The third kappa shape index (κ3) is 5.46. The third-order valence-corrected chi connectivity index (χ3v) is 7.93. The molecule has 7 nitrogen and oxygen atoms in total. The second-order valence-corrected chi connectivity index (χ2v) is 10.5. The number of anilines is 1. The quantitative estimate of drug-likeness (QED) is 0.474. The minimum atomic E-state index is -4.25. The summed E-state index contributed by atoms with van der Waals surface area (Å²) in [7, 11) is -4.25. The lowest BCUT2D eigenvalue weighted by Crippen LogP contribution is -2.42. The van der Waals surface area contributed by atoms with Crippen LogP contribution in [-0.2, 0) is 14.8 Å². The average Bonchev–Trinajstić information content (AvgIpc) is 2.87. The second kappa shape index (κ2) is 10.6. The van der Waals surface area contributed by atoms with Crippen molar-refractivity contribution >= 4 is 21.6 Å². The molecule has 1 unspecified atom stereocenters. The predicted molar refractivity (Wildman–Crippen MR) is 135 cm³/mol. The molecule has 0 spiro atoms. The number of aryl methyl sites for hydroxylation is 2. The topological polar surface area (TPSA) is 84.9 Å². The highest BCUT2D eigenvalue weighted by molar-refractivity contribution is 7.92. The van der Waals surface area contributed by atoms with Crippen molar-refractivity contribution in [3.8, 4) is 11.5 Å². The van der Waals surface area contributed by atoms with Crippen LogP contribution >= 0.6 is 0 Å². The van der Waals surface area contributed by atoms with Crippen LogP contribution in [0, 0.1) is 19.7 Å². The molecular weight excluding hydrogens is 483 g/mol. The molecular formula is C27H29FN2O5S. The van der Waals surface area contributed by atoms with Crippen molar-refractivity contribution in [2.45, 2.75) is 38.1 Å². The van der Waals surface area contributed by atoms with E-state index in [1.54, 1.807) is 0 Å². The number of carbonyl (C=O) groups is 1. The summed E-state index contributed by atoms with van der Waals surface area (Å²) in [4.78, 5) is 13.1. The van der Waals surface area contributed by atoms with Gasteiger partial charge in [0.05, 0.1) is 16.6 Å². The van der Waals surface area contributed by atoms with E-state index in [9.17, 15) is 17.6 Å². The Kier molecular flexibility index (Phi) is 7.49. The highest BCUT2D eigenvalue weighted by Gasteiger charge is 2.30. The summed E-state index contributed by atoms with van der Waals surface area (Å²) < 4.78 is 53.4. The number of benzene rings is 3. The molecule has 4 rings (SSSR count). The van der Waals surface area contributed by atoms with E-state index in [1.165, 1.54) is 36.4 Å². The first-order chi connectivity index (χ1) is 17.2. The number of hydrogen-bond donors (Lipinski definition) is 1. The maximum Gasteiger partial charge on any atom is 0.264 e. The van der Waals surface area contributed by atoms with Crippen LogP contribution in [0.3, 0.4) is 0 Å². The minimum absolute atomic E-state index is 0.0410. The first-order valence-corrected chi connectivity index (χ1v) is 13.2. The van der Waals surface area contributed by atoms with Gasteiger partial charge in [0, 0.05) is 6.07 Å². The smallest absolute Gasteiger partial charge is 0.264 e. The molecule has 190 valence electrons. The molecule has 1 amide bonds. The van der Waals surface area contributed by atoms with Crippen LogP contribution in [0.25, 0.3) is 0 Å². The number of hydrogen-bond acceptors (Lipinski definition) is 5. The molecule has 0 bridgehead atoms. The number of rotatable bonds is 8. The zero-order valence-corrected chi connectivity index (χ0v) is 21.3. The van der Waals surface area contributed by atoms with Crippen LogP contribution in [0.1, 0.15) is 36.1 Å². The molecule has 0 aliphatic carbocycles. The van der Waals surface area contributed by atoms with Crippen molar-refractivity contribution in [3.05, 3.63) is 83.2 Å². The number of sulfonamides is 1. The lowest BCUT2D eigenvalue weighted by Gasteiger charge is -2.26. The molecule has 1 aliphatic heterocycles. The molecule has 3 aromatic carbocycles. The van der Waals surface area contributed by atoms with E-state index in [4.69, 9.17) is 9.47 Å². The maximum atomic E-state index is 14.1. The highest BCUT2D eigenvalue weighted by atomic mass is 32.2. The maximum absolute atomic E-state index is 14.1. The SMILES string of the molecule is CCC(NC(=O)CN(c1cccc(F)c1)S(=O)(=O)c1ccc2c(c1)OCCO2)c1ccc(C)c(C)c1. The molecule has 1 aliphatic rings. The molecule has 0 saturated carbocycles. The van der Waals surface area contributed by atoms with Gasteiger partial charge in [-0.25, -0.2) is 12.8 Å². The van der Waals surface area contributed by atoms with Gasteiger partial charge in [-0.2, -0.15) is 0 Å². The Morgan fingerprint density at radius 3 is 2.44 bits per heavy atom. The van der Waals surface area contributed by atoms with Crippen molar-refractivity contribution in [2.75, 3.05) is 24.1 Å². The van der Waals surface area contributed by atoms with Crippen LogP contribution < -0.4 is 19.1 Å². The zero-order valence-electron chi connectivity index (χ0n) is 20.5. The largest absolute Gasteiger partial charge is 0.486 e. The Bertz CT molecular complexity index is 1380. The van der Waals surface area contributed by atoms with E-state index in [0.717, 1.165) is 27.1 Å². The fourth-order valence-electron chi connectivity index (χ4n) is 4.03. The van der Waals surface area contributed by atoms with Gasteiger partial charge in [-0.3, -0.25) is 9.10 Å². The minimum Gasteiger partial charge on any atom is -0.486 e. The van der Waals surface area contributed by atoms with Gasteiger partial charge >= 0.3 is 0 Å². The first-order valence-electron chi connectivity index (χ1n) is 11.7. The van der Waals surface area contributed by atoms with E-state index in [1.807, 2.05) is 39.0 Å². The van der Waals surface area contributed by atoms with Crippen molar-refractivity contribution in [1.29, 1.82) is 0 Å². The summed E-state index contributed by atoms with van der Waals surface area (Å²) >= 11 is 0. The van der Waals surface area contributed by atoms with Gasteiger partial charge < -0.3 is 14.8 Å².